The molecule has 0 atom stereocenters. The van der Waals surface area contributed by atoms with Gasteiger partial charge in [0.1, 0.15) is 0 Å². The second kappa shape index (κ2) is 10.2. The van der Waals surface area contributed by atoms with Crippen LogP contribution >= 0.6 is 0 Å². The summed E-state index contributed by atoms with van der Waals surface area (Å²) in [6.07, 6.45) is 2.62. The van der Waals surface area contributed by atoms with Crippen molar-refractivity contribution in [1.82, 2.24) is 20.4 Å². The zero-order valence-electron chi connectivity index (χ0n) is 14.8. The van der Waals surface area contributed by atoms with Gasteiger partial charge in [-0.3, -0.25) is 9.89 Å². The third-order valence-corrected chi connectivity index (χ3v) is 3.89. The minimum absolute atomic E-state index is 0.290. The predicted molar refractivity (Wildman–Crippen MR) is 93.1 cm³/mol. The Labute approximate surface area is 143 Å². The number of guanidine groups is 1. The number of aryl methyl sites for hydroxylation is 1. The van der Waals surface area contributed by atoms with Crippen molar-refractivity contribution in [3.8, 4) is 0 Å². The maximum atomic E-state index is 5.87. The molecule has 2 heterocycles. The van der Waals surface area contributed by atoms with Crippen LogP contribution in [-0.4, -0.2) is 66.9 Å². The fraction of sp³-hybridized carbons (Fsp3) is 0.812. The molecule has 3 N–H and O–H groups in total. The molecule has 1 aliphatic heterocycles. The number of morpholine rings is 1. The molecule has 0 amide bonds. The molecular weight excluding hydrogens is 308 g/mol. The standard InChI is InChI=1S/C16H30N6O2/c1-13(2)15-20-14(24-21-15)5-3-6-18-16(17)19-7-4-8-22-9-11-23-12-10-22/h13H,3-12H2,1-2H3,(H3,17,18,19). The molecule has 136 valence electrons. The summed E-state index contributed by atoms with van der Waals surface area (Å²) in [7, 11) is 0. The van der Waals surface area contributed by atoms with Crippen LogP contribution in [0.15, 0.2) is 9.52 Å². The third-order valence-electron chi connectivity index (χ3n) is 3.89. The maximum absolute atomic E-state index is 5.87. The van der Waals surface area contributed by atoms with Gasteiger partial charge in [0.15, 0.2) is 11.8 Å². The second-order valence-electron chi connectivity index (χ2n) is 6.31. The van der Waals surface area contributed by atoms with Crippen LogP contribution in [0.1, 0.15) is 44.3 Å². The summed E-state index contributed by atoms with van der Waals surface area (Å²) in [6.45, 7) is 10.4. The lowest BCUT2D eigenvalue weighted by Gasteiger charge is -2.26. The van der Waals surface area contributed by atoms with Crippen LogP contribution in [-0.2, 0) is 11.2 Å². The highest BCUT2D eigenvalue weighted by molar-refractivity contribution is 5.77. The van der Waals surface area contributed by atoms with Gasteiger partial charge >= 0.3 is 0 Å². The van der Waals surface area contributed by atoms with E-state index in [0.29, 0.717) is 18.4 Å². The van der Waals surface area contributed by atoms with Crippen molar-refractivity contribution < 1.29 is 9.26 Å². The number of hydrogen-bond donors (Lipinski definition) is 2. The van der Waals surface area contributed by atoms with Gasteiger partial charge in [-0.2, -0.15) is 4.98 Å². The maximum Gasteiger partial charge on any atom is 0.226 e. The van der Waals surface area contributed by atoms with E-state index in [2.05, 4.69) is 25.3 Å². The lowest BCUT2D eigenvalue weighted by Crippen LogP contribution is -2.39. The van der Waals surface area contributed by atoms with Crippen molar-refractivity contribution in [2.45, 2.75) is 39.0 Å². The Morgan fingerprint density at radius 2 is 2.12 bits per heavy atom. The number of nitrogens with two attached hydrogens (primary N) is 1. The molecule has 1 saturated heterocycles. The monoisotopic (exact) mass is 338 g/mol. The minimum Gasteiger partial charge on any atom is -0.379 e. The zero-order valence-corrected chi connectivity index (χ0v) is 14.8. The predicted octanol–water partition coefficient (Wildman–Crippen LogP) is 0.752. The molecule has 2 rings (SSSR count). The van der Waals surface area contributed by atoms with Gasteiger partial charge in [-0.05, 0) is 19.4 Å². The summed E-state index contributed by atoms with van der Waals surface area (Å²) in [5.41, 5.74) is 5.87. The quantitative estimate of drug-likeness (QED) is 0.389. The van der Waals surface area contributed by atoms with Crippen LogP contribution in [0.2, 0.25) is 0 Å². The van der Waals surface area contributed by atoms with Crippen molar-refractivity contribution >= 4 is 5.96 Å². The Morgan fingerprint density at radius 3 is 2.83 bits per heavy atom. The summed E-state index contributed by atoms with van der Waals surface area (Å²) in [6, 6.07) is 0. The Balaban J connectivity index is 1.53. The van der Waals surface area contributed by atoms with E-state index in [1.807, 2.05) is 13.8 Å². The molecule has 1 aromatic rings. The number of nitrogens with one attached hydrogen (secondary N) is 1. The summed E-state index contributed by atoms with van der Waals surface area (Å²) >= 11 is 0. The number of ether oxygens (including phenoxy) is 1. The molecule has 24 heavy (non-hydrogen) atoms. The van der Waals surface area contributed by atoms with Gasteiger partial charge in [-0.25, -0.2) is 0 Å². The average Bonchev–Trinajstić information content (AvgIpc) is 3.06. The van der Waals surface area contributed by atoms with E-state index >= 15 is 0 Å². The number of hydrogen-bond acceptors (Lipinski definition) is 6. The zero-order chi connectivity index (χ0) is 17.2. The molecule has 0 unspecified atom stereocenters. The molecule has 0 radical (unpaired) electrons. The largest absolute Gasteiger partial charge is 0.379 e. The van der Waals surface area contributed by atoms with E-state index < -0.39 is 0 Å². The highest BCUT2D eigenvalue weighted by Gasteiger charge is 2.10. The van der Waals surface area contributed by atoms with Gasteiger partial charge < -0.3 is 20.3 Å². The third kappa shape index (κ3) is 6.84. The first-order valence-electron chi connectivity index (χ1n) is 8.81. The molecule has 0 aliphatic carbocycles. The fourth-order valence-corrected chi connectivity index (χ4v) is 2.43. The summed E-state index contributed by atoms with van der Waals surface area (Å²) in [4.78, 5) is 11.1. The lowest BCUT2D eigenvalue weighted by atomic mass is 10.2. The molecule has 0 spiro atoms. The fourth-order valence-electron chi connectivity index (χ4n) is 2.43. The van der Waals surface area contributed by atoms with Gasteiger partial charge in [0.2, 0.25) is 5.89 Å². The highest BCUT2D eigenvalue weighted by atomic mass is 16.5. The minimum atomic E-state index is 0.290. The number of aliphatic imine (C=N–C) groups is 1. The first-order chi connectivity index (χ1) is 11.6. The van der Waals surface area contributed by atoms with Crippen molar-refractivity contribution in [3.63, 3.8) is 0 Å². The van der Waals surface area contributed by atoms with Crippen molar-refractivity contribution in [3.05, 3.63) is 11.7 Å². The molecule has 1 aliphatic rings. The van der Waals surface area contributed by atoms with Crippen molar-refractivity contribution in [1.29, 1.82) is 0 Å². The number of rotatable bonds is 9. The summed E-state index contributed by atoms with van der Waals surface area (Å²) < 4.78 is 10.5. The lowest BCUT2D eigenvalue weighted by molar-refractivity contribution is 0.0376. The Hall–Kier alpha value is -1.67. The molecule has 8 nitrogen and oxygen atoms in total. The van der Waals surface area contributed by atoms with Crippen LogP contribution in [0.3, 0.4) is 0 Å². The Bertz CT molecular complexity index is 497. The highest BCUT2D eigenvalue weighted by Crippen LogP contribution is 2.10. The first kappa shape index (κ1) is 18.7. The summed E-state index contributed by atoms with van der Waals surface area (Å²) in [5, 5.41) is 7.11. The Kier molecular flexibility index (Phi) is 7.97. The van der Waals surface area contributed by atoms with Gasteiger partial charge in [0.25, 0.3) is 0 Å². The van der Waals surface area contributed by atoms with E-state index in [9.17, 15) is 0 Å². The molecule has 0 aromatic carbocycles. The van der Waals surface area contributed by atoms with E-state index in [-0.39, 0.29) is 5.92 Å². The SMILES string of the molecule is CC(C)c1noc(CCCN=C(N)NCCCN2CCOCC2)n1. The molecule has 1 fully saturated rings. The van der Waals surface area contributed by atoms with E-state index in [0.717, 1.165) is 64.5 Å². The topological polar surface area (TPSA) is 102 Å². The summed E-state index contributed by atoms with van der Waals surface area (Å²) in [5.74, 6) is 2.23. The molecule has 8 heteroatoms. The van der Waals surface area contributed by atoms with Gasteiger partial charge in [-0.1, -0.05) is 19.0 Å². The second-order valence-corrected chi connectivity index (χ2v) is 6.31. The number of aromatic nitrogens is 2. The van der Waals surface area contributed by atoms with E-state index in [1.54, 1.807) is 0 Å². The van der Waals surface area contributed by atoms with Crippen LogP contribution in [0.4, 0.5) is 0 Å². The van der Waals surface area contributed by atoms with Crippen LogP contribution in [0.25, 0.3) is 0 Å². The van der Waals surface area contributed by atoms with Crippen molar-refractivity contribution in [2.75, 3.05) is 45.9 Å². The van der Waals surface area contributed by atoms with Crippen LogP contribution in [0, 0.1) is 0 Å². The first-order valence-corrected chi connectivity index (χ1v) is 8.81. The number of nitrogens with zero attached hydrogens (tertiary/aromatic N) is 4. The Morgan fingerprint density at radius 1 is 1.33 bits per heavy atom. The normalized spacial score (nSPS) is 16.7. The van der Waals surface area contributed by atoms with E-state index in [1.165, 1.54) is 0 Å². The molecule has 0 saturated carbocycles. The van der Waals surface area contributed by atoms with Crippen LogP contribution < -0.4 is 11.1 Å². The van der Waals surface area contributed by atoms with Crippen molar-refractivity contribution in [2.24, 2.45) is 10.7 Å². The van der Waals surface area contributed by atoms with Gasteiger partial charge in [0.05, 0.1) is 13.2 Å². The smallest absolute Gasteiger partial charge is 0.226 e. The van der Waals surface area contributed by atoms with Gasteiger partial charge in [0, 0.05) is 38.5 Å². The van der Waals surface area contributed by atoms with Gasteiger partial charge in [-0.15, -0.1) is 0 Å². The molecule has 0 bridgehead atoms. The van der Waals surface area contributed by atoms with Crippen LogP contribution in [0.5, 0.6) is 0 Å². The molecule has 1 aromatic heterocycles. The van der Waals surface area contributed by atoms with E-state index in [4.69, 9.17) is 15.0 Å². The molecular formula is C16H30N6O2. The average molecular weight is 338 g/mol.